The number of carbonyl (C=O) groups is 1. The third-order valence-corrected chi connectivity index (χ3v) is 5.91. The molecule has 0 spiro atoms. The Balaban J connectivity index is 1.58. The first-order chi connectivity index (χ1) is 15.0. The number of nitrogens with one attached hydrogen (secondary N) is 2. The zero-order valence-electron chi connectivity index (χ0n) is 18.3. The van der Waals surface area contributed by atoms with Crippen LogP contribution in [0.4, 0.5) is 5.69 Å². The topological polar surface area (TPSA) is 72.5 Å². The van der Waals surface area contributed by atoms with Crippen molar-refractivity contribution in [2.75, 3.05) is 26.1 Å². The molecular formula is C24H29N3O3S. The van der Waals surface area contributed by atoms with E-state index in [1.807, 2.05) is 53.9 Å². The first kappa shape index (κ1) is 22.6. The van der Waals surface area contributed by atoms with Crippen molar-refractivity contribution in [2.45, 2.75) is 26.3 Å². The van der Waals surface area contributed by atoms with Crippen LogP contribution in [0.3, 0.4) is 0 Å². The minimum Gasteiger partial charge on any atom is -0.493 e. The molecule has 1 aromatic heterocycles. The molecule has 1 atom stereocenters. The lowest BCUT2D eigenvalue weighted by atomic mass is 10.0. The van der Waals surface area contributed by atoms with Crippen LogP contribution in [0.2, 0.25) is 0 Å². The monoisotopic (exact) mass is 439 g/mol. The largest absolute Gasteiger partial charge is 0.493 e. The van der Waals surface area contributed by atoms with Gasteiger partial charge in [0.25, 0.3) is 0 Å². The number of rotatable bonds is 10. The van der Waals surface area contributed by atoms with E-state index in [1.54, 1.807) is 14.2 Å². The van der Waals surface area contributed by atoms with Gasteiger partial charge < -0.3 is 20.1 Å². The molecule has 0 radical (unpaired) electrons. The Hall–Kier alpha value is -3.06. The fourth-order valence-electron chi connectivity index (χ4n) is 3.14. The van der Waals surface area contributed by atoms with Gasteiger partial charge in [-0.25, -0.2) is 4.98 Å². The van der Waals surface area contributed by atoms with E-state index in [0.29, 0.717) is 24.0 Å². The van der Waals surface area contributed by atoms with E-state index in [4.69, 9.17) is 9.47 Å². The van der Waals surface area contributed by atoms with Gasteiger partial charge >= 0.3 is 0 Å². The number of aromatic nitrogens is 1. The second kappa shape index (κ2) is 10.8. The van der Waals surface area contributed by atoms with Crippen molar-refractivity contribution in [1.82, 2.24) is 10.3 Å². The van der Waals surface area contributed by atoms with Gasteiger partial charge in [0, 0.05) is 29.2 Å². The quantitative estimate of drug-likeness (QED) is 0.482. The maximum absolute atomic E-state index is 12.5. The summed E-state index contributed by atoms with van der Waals surface area (Å²) in [6.07, 6.45) is 0.250. The van der Waals surface area contributed by atoms with E-state index in [2.05, 4.69) is 29.5 Å². The van der Waals surface area contributed by atoms with Gasteiger partial charge in [-0.1, -0.05) is 32.0 Å². The normalized spacial score (nSPS) is 11.8. The molecule has 0 saturated carbocycles. The van der Waals surface area contributed by atoms with Crippen molar-refractivity contribution >= 4 is 22.9 Å². The predicted molar refractivity (Wildman–Crippen MR) is 126 cm³/mol. The Morgan fingerprint density at radius 1 is 1.06 bits per heavy atom. The fourth-order valence-corrected chi connectivity index (χ4v) is 3.96. The zero-order valence-corrected chi connectivity index (χ0v) is 19.2. The van der Waals surface area contributed by atoms with Crippen molar-refractivity contribution in [1.29, 1.82) is 0 Å². The molecule has 0 aliphatic heterocycles. The van der Waals surface area contributed by atoms with Crippen LogP contribution in [0.5, 0.6) is 11.5 Å². The summed E-state index contributed by atoms with van der Waals surface area (Å²) in [6.45, 7) is 4.84. The highest BCUT2D eigenvalue weighted by Crippen LogP contribution is 2.33. The maximum Gasteiger partial charge on any atom is 0.226 e. The minimum absolute atomic E-state index is 0.0373. The van der Waals surface area contributed by atoms with Crippen LogP contribution < -0.4 is 20.1 Å². The Kier molecular flexibility index (Phi) is 7.89. The van der Waals surface area contributed by atoms with Gasteiger partial charge in [-0.05, 0) is 36.2 Å². The van der Waals surface area contributed by atoms with E-state index in [-0.39, 0.29) is 18.4 Å². The van der Waals surface area contributed by atoms with Crippen molar-refractivity contribution < 1.29 is 14.3 Å². The summed E-state index contributed by atoms with van der Waals surface area (Å²) in [5.41, 5.74) is 2.74. The highest BCUT2D eigenvalue weighted by atomic mass is 32.1. The Labute approximate surface area is 187 Å². The lowest BCUT2D eigenvalue weighted by molar-refractivity contribution is -0.120. The third-order valence-electron chi connectivity index (χ3n) is 4.97. The van der Waals surface area contributed by atoms with Crippen LogP contribution in [-0.4, -0.2) is 37.7 Å². The number of carbonyl (C=O) groups excluding carboxylic acids is 1. The molecule has 3 rings (SSSR count). The molecule has 6 nitrogen and oxygen atoms in total. The third kappa shape index (κ3) is 6.21. The zero-order chi connectivity index (χ0) is 22.2. The van der Waals surface area contributed by atoms with Crippen LogP contribution >= 0.6 is 11.3 Å². The summed E-state index contributed by atoms with van der Waals surface area (Å²) >= 11 is 1.51. The fraction of sp³-hybridized carbons (Fsp3) is 0.333. The number of thiazole rings is 1. The van der Waals surface area contributed by atoms with Crippen LogP contribution in [-0.2, 0) is 11.2 Å². The SMILES string of the molecule is COc1ccc(-c2nc(CC(=O)NCC(Nc3ccccc3)C(C)C)cs2)cc1OC. The van der Waals surface area contributed by atoms with E-state index in [9.17, 15) is 4.79 Å². The van der Waals surface area contributed by atoms with Gasteiger partial charge in [-0.3, -0.25) is 4.79 Å². The summed E-state index contributed by atoms with van der Waals surface area (Å²) in [5, 5.41) is 9.30. The molecule has 1 amide bonds. The Morgan fingerprint density at radius 3 is 2.48 bits per heavy atom. The van der Waals surface area contributed by atoms with Crippen molar-refractivity contribution in [2.24, 2.45) is 5.92 Å². The summed E-state index contributed by atoms with van der Waals surface area (Å²) in [7, 11) is 3.22. The van der Waals surface area contributed by atoms with Crippen molar-refractivity contribution in [3.63, 3.8) is 0 Å². The average molecular weight is 440 g/mol. The number of amides is 1. The van der Waals surface area contributed by atoms with Gasteiger partial charge in [0.05, 0.1) is 26.3 Å². The van der Waals surface area contributed by atoms with E-state index in [1.165, 1.54) is 11.3 Å². The number of nitrogens with zero attached hydrogens (tertiary/aromatic N) is 1. The first-order valence-electron chi connectivity index (χ1n) is 10.2. The maximum atomic E-state index is 12.5. The molecule has 31 heavy (non-hydrogen) atoms. The molecule has 0 bridgehead atoms. The predicted octanol–water partition coefficient (Wildman–Crippen LogP) is 4.62. The highest BCUT2D eigenvalue weighted by Gasteiger charge is 2.16. The second-order valence-electron chi connectivity index (χ2n) is 7.56. The number of hydrogen-bond donors (Lipinski definition) is 2. The lowest BCUT2D eigenvalue weighted by Gasteiger charge is -2.24. The molecule has 164 valence electrons. The second-order valence-corrected chi connectivity index (χ2v) is 8.41. The number of anilines is 1. The molecule has 2 N–H and O–H groups in total. The molecule has 0 aliphatic carbocycles. The number of para-hydroxylation sites is 1. The van der Waals surface area contributed by atoms with Gasteiger partial charge in [0.2, 0.25) is 5.91 Å². The smallest absolute Gasteiger partial charge is 0.226 e. The molecule has 1 unspecified atom stereocenters. The van der Waals surface area contributed by atoms with Gasteiger partial charge in [-0.15, -0.1) is 11.3 Å². The number of benzene rings is 2. The van der Waals surface area contributed by atoms with Gasteiger partial charge in [-0.2, -0.15) is 0 Å². The van der Waals surface area contributed by atoms with Crippen LogP contribution in [0, 0.1) is 5.92 Å². The lowest BCUT2D eigenvalue weighted by Crippen LogP contribution is -2.40. The average Bonchev–Trinajstić information content (AvgIpc) is 3.25. The number of methoxy groups -OCH3 is 2. The Morgan fingerprint density at radius 2 is 1.81 bits per heavy atom. The molecule has 0 fully saturated rings. The molecular weight excluding hydrogens is 410 g/mol. The van der Waals surface area contributed by atoms with E-state index < -0.39 is 0 Å². The van der Waals surface area contributed by atoms with Gasteiger partial charge in [0.1, 0.15) is 5.01 Å². The Bertz CT molecular complexity index is 989. The van der Waals surface area contributed by atoms with E-state index >= 15 is 0 Å². The molecule has 0 saturated heterocycles. The minimum atomic E-state index is -0.0373. The summed E-state index contributed by atoms with van der Waals surface area (Å²) in [6, 6.07) is 15.9. The molecule has 3 aromatic rings. The number of ether oxygens (including phenoxy) is 2. The van der Waals surface area contributed by atoms with Gasteiger partial charge in [0.15, 0.2) is 11.5 Å². The standard InChI is InChI=1S/C24H29N3O3S/c1-16(2)20(26-18-8-6-5-7-9-18)14-25-23(28)13-19-15-31-24(27-19)17-10-11-21(29-3)22(12-17)30-4/h5-12,15-16,20,26H,13-14H2,1-4H3,(H,25,28). The highest BCUT2D eigenvalue weighted by molar-refractivity contribution is 7.13. The summed E-state index contributed by atoms with van der Waals surface area (Å²) in [5.74, 6) is 1.66. The molecule has 0 aliphatic rings. The first-order valence-corrected chi connectivity index (χ1v) is 11.1. The van der Waals surface area contributed by atoms with Crippen molar-refractivity contribution in [3.05, 3.63) is 59.6 Å². The van der Waals surface area contributed by atoms with E-state index in [0.717, 1.165) is 22.0 Å². The summed E-state index contributed by atoms with van der Waals surface area (Å²) in [4.78, 5) is 17.1. The molecule has 2 aromatic carbocycles. The van der Waals surface area contributed by atoms with Crippen LogP contribution in [0.25, 0.3) is 10.6 Å². The number of hydrogen-bond acceptors (Lipinski definition) is 6. The summed E-state index contributed by atoms with van der Waals surface area (Å²) < 4.78 is 10.7. The van der Waals surface area contributed by atoms with Crippen LogP contribution in [0.1, 0.15) is 19.5 Å². The molecule has 1 heterocycles. The molecule has 7 heteroatoms. The van der Waals surface area contributed by atoms with Crippen LogP contribution in [0.15, 0.2) is 53.9 Å². The van der Waals surface area contributed by atoms with Crippen molar-refractivity contribution in [3.8, 4) is 22.1 Å².